The fraction of sp³-hybridized carbons (Fsp3) is 0.714. The quantitative estimate of drug-likeness (QED) is 0.888. The number of rotatable bonds is 4. The van der Waals surface area contributed by atoms with E-state index >= 15 is 0 Å². The zero-order valence-corrected chi connectivity index (χ0v) is 12.1. The van der Waals surface area contributed by atoms with Crippen LogP contribution in [0.5, 0.6) is 0 Å². The molecule has 0 amide bonds. The average molecular weight is 264 g/mol. The predicted octanol–water partition coefficient (Wildman–Crippen LogP) is 1.23. The molecule has 19 heavy (non-hydrogen) atoms. The molecular weight excluding hydrogens is 240 g/mol. The lowest BCUT2D eigenvalue weighted by atomic mass is 10.1. The van der Waals surface area contributed by atoms with Crippen molar-refractivity contribution in [2.24, 2.45) is 0 Å². The summed E-state index contributed by atoms with van der Waals surface area (Å²) in [5.74, 6) is 0. The van der Waals surface area contributed by atoms with E-state index in [-0.39, 0.29) is 11.1 Å². The lowest BCUT2D eigenvalue weighted by Gasteiger charge is -2.21. The molecule has 0 atom stereocenters. The Hall–Kier alpha value is -1.36. The van der Waals surface area contributed by atoms with Gasteiger partial charge < -0.3 is 10.2 Å². The van der Waals surface area contributed by atoms with E-state index in [0.717, 1.165) is 25.3 Å². The Morgan fingerprint density at radius 3 is 2.58 bits per heavy atom. The van der Waals surface area contributed by atoms with Gasteiger partial charge in [0.1, 0.15) is 0 Å². The number of hydrogen-bond acceptors (Lipinski definition) is 4. The van der Waals surface area contributed by atoms with Crippen molar-refractivity contribution >= 4 is 5.69 Å². The molecule has 1 aliphatic rings. The van der Waals surface area contributed by atoms with Crippen LogP contribution in [0.15, 0.2) is 17.1 Å². The van der Waals surface area contributed by atoms with E-state index < -0.39 is 0 Å². The largest absolute Gasteiger partial charge is 0.370 e. The lowest BCUT2D eigenvalue weighted by molar-refractivity contribution is 0.401. The highest BCUT2D eigenvalue weighted by Gasteiger charge is 2.14. The zero-order chi connectivity index (χ0) is 13.9. The van der Waals surface area contributed by atoms with Crippen LogP contribution in [0.4, 0.5) is 5.69 Å². The average Bonchev–Trinajstić information content (AvgIpc) is 2.83. The SMILES string of the molecule is CC(C)(C)NCCn1ncc(N2CCCC2)cc1=O. The summed E-state index contributed by atoms with van der Waals surface area (Å²) >= 11 is 0. The Balaban J connectivity index is 1.97. The molecule has 5 nitrogen and oxygen atoms in total. The van der Waals surface area contributed by atoms with Crippen molar-refractivity contribution in [1.29, 1.82) is 0 Å². The smallest absolute Gasteiger partial charge is 0.268 e. The fourth-order valence-electron chi connectivity index (χ4n) is 2.28. The predicted molar refractivity (Wildman–Crippen MR) is 77.7 cm³/mol. The van der Waals surface area contributed by atoms with Crippen LogP contribution in [0.25, 0.3) is 0 Å². The lowest BCUT2D eigenvalue weighted by Crippen LogP contribution is -2.39. The van der Waals surface area contributed by atoms with Crippen LogP contribution in [0.2, 0.25) is 0 Å². The van der Waals surface area contributed by atoms with Crippen LogP contribution >= 0.6 is 0 Å². The Kier molecular flexibility index (Phi) is 4.24. The summed E-state index contributed by atoms with van der Waals surface area (Å²) in [5.41, 5.74) is 1.02. The maximum absolute atomic E-state index is 12.0. The second kappa shape index (κ2) is 5.74. The molecule has 0 aliphatic carbocycles. The summed E-state index contributed by atoms with van der Waals surface area (Å²) in [4.78, 5) is 14.2. The molecule has 0 saturated carbocycles. The second-order valence-electron chi connectivity index (χ2n) is 6.15. The van der Waals surface area contributed by atoms with E-state index in [9.17, 15) is 4.79 Å². The van der Waals surface area contributed by atoms with Crippen LogP contribution in [0.3, 0.4) is 0 Å². The summed E-state index contributed by atoms with van der Waals surface area (Å²) < 4.78 is 1.53. The van der Waals surface area contributed by atoms with Gasteiger partial charge in [0.2, 0.25) is 0 Å². The molecule has 1 aromatic rings. The Labute approximate surface area is 114 Å². The van der Waals surface area contributed by atoms with Crippen LogP contribution in [-0.4, -0.2) is 35.0 Å². The topological polar surface area (TPSA) is 50.2 Å². The van der Waals surface area contributed by atoms with E-state index in [1.807, 2.05) is 6.20 Å². The molecule has 0 aromatic carbocycles. The van der Waals surface area contributed by atoms with Gasteiger partial charge in [0, 0.05) is 31.2 Å². The standard InChI is InChI=1S/C14H24N4O/c1-14(2,3)15-6-9-18-13(19)10-12(11-16-18)17-7-4-5-8-17/h10-11,15H,4-9H2,1-3H3. The van der Waals surface area contributed by atoms with E-state index in [0.29, 0.717) is 6.54 Å². The molecule has 1 aliphatic heterocycles. The minimum atomic E-state index is -0.0138. The number of anilines is 1. The molecule has 5 heteroatoms. The molecular formula is C14H24N4O. The maximum atomic E-state index is 12.0. The first-order chi connectivity index (χ1) is 8.96. The Morgan fingerprint density at radius 2 is 2.00 bits per heavy atom. The third kappa shape index (κ3) is 4.06. The van der Waals surface area contributed by atoms with Crippen molar-refractivity contribution in [3.8, 4) is 0 Å². The normalized spacial score (nSPS) is 16.1. The first-order valence-electron chi connectivity index (χ1n) is 7.03. The van der Waals surface area contributed by atoms with Gasteiger partial charge in [-0.25, -0.2) is 4.68 Å². The summed E-state index contributed by atoms with van der Waals surface area (Å²) in [6.45, 7) is 9.77. The maximum Gasteiger partial charge on any atom is 0.268 e. The summed E-state index contributed by atoms with van der Waals surface area (Å²) in [6, 6.07) is 1.70. The Bertz CT molecular complexity index is 469. The van der Waals surface area contributed by atoms with Crippen molar-refractivity contribution in [2.45, 2.75) is 45.7 Å². The molecule has 1 N–H and O–H groups in total. The van der Waals surface area contributed by atoms with Crippen LogP contribution in [0, 0.1) is 0 Å². The van der Waals surface area contributed by atoms with Gasteiger partial charge in [-0.05, 0) is 33.6 Å². The highest BCUT2D eigenvalue weighted by molar-refractivity contribution is 5.43. The van der Waals surface area contributed by atoms with E-state index in [1.54, 1.807) is 6.07 Å². The zero-order valence-electron chi connectivity index (χ0n) is 12.1. The molecule has 106 valence electrons. The highest BCUT2D eigenvalue weighted by atomic mass is 16.1. The van der Waals surface area contributed by atoms with Gasteiger partial charge in [-0.2, -0.15) is 5.10 Å². The van der Waals surface area contributed by atoms with E-state index in [1.165, 1.54) is 17.5 Å². The van der Waals surface area contributed by atoms with Crippen molar-refractivity contribution in [2.75, 3.05) is 24.5 Å². The fourth-order valence-corrected chi connectivity index (χ4v) is 2.28. The third-order valence-corrected chi connectivity index (χ3v) is 3.31. The Morgan fingerprint density at radius 1 is 1.32 bits per heavy atom. The number of aromatic nitrogens is 2. The van der Waals surface area contributed by atoms with Gasteiger partial charge in [0.15, 0.2) is 0 Å². The minimum absolute atomic E-state index is 0.0138. The van der Waals surface area contributed by atoms with Crippen molar-refractivity contribution in [3.05, 3.63) is 22.6 Å². The van der Waals surface area contributed by atoms with Crippen molar-refractivity contribution in [1.82, 2.24) is 15.1 Å². The van der Waals surface area contributed by atoms with Crippen LogP contribution < -0.4 is 15.8 Å². The molecule has 1 aromatic heterocycles. The molecule has 0 radical (unpaired) electrons. The van der Waals surface area contributed by atoms with Crippen LogP contribution in [0.1, 0.15) is 33.6 Å². The molecule has 0 spiro atoms. The van der Waals surface area contributed by atoms with Gasteiger partial charge in [-0.15, -0.1) is 0 Å². The first kappa shape index (κ1) is 14.1. The molecule has 1 saturated heterocycles. The number of nitrogens with one attached hydrogen (secondary N) is 1. The second-order valence-corrected chi connectivity index (χ2v) is 6.15. The van der Waals surface area contributed by atoms with E-state index in [2.05, 4.69) is 36.1 Å². The molecule has 0 unspecified atom stereocenters. The summed E-state index contributed by atoms with van der Waals surface area (Å²) in [6.07, 6.45) is 4.22. The van der Waals surface area contributed by atoms with Crippen molar-refractivity contribution < 1.29 is 0 Å². The summed E-state index contributed by atoms with van der Waals surface area (Å²) in [5, 5.41) is 7.62. The number of nitrogens with zero attached hydrogens (tertiary/aromatic N) is 3. The van der Waals surface area contributed by atoms with Crippen LogP contribution in [-0.2, 0) is 6.54 Å². The highest BCUT2D eigenvalue weighted by Crippen LogP contribution is 2.16. The first-order valence-corrected chi connectivity index (χ1v) is 7.03. The van der Waals surface area contributed by atoms with Crippen molar-refractivity contribution in [3.63, 3.8) is 0 Å². The minimum Gasteiger partial charge on any atom is -0.370 e. The molecule has 2 rings (SSSR count). The van der Waals surface area contributed by atoms with Gasteiger partial charge in [0.25, 0.3) is 5.56 Å². The monoisotopic (exact) mass is 264 g/mol. The molecule has 0 bridgehead atoms. The van der Waals surface area contributed by atoms with Gasteiger partial charge >= 0.3 is 0 Å². The third-order valence-electron chi connectivity index (χ3n) is 3.31. The van der Waals surface area contributed by atoms with Gasteiger partial charge in [0.05, 0.1) is 18.4 Å². The molecule has 2 heterocycles. The number of hydrogen-bond donors (Lipinski definition) is 1. The molecule has 1 fully saturated rings. The van der Waals surface area contributed by atoms with Gasteiger partial charge in [-0.1, -0.05) is 0 Å². The van der Waals surface area contributed by atoms with Gasteiger partial charge in [-0.3, -0.25) is 4.79 Å². The summed E-state index contributed by atoms with van der Waals surface area (Å²) in [7, 11) is 0. The van der Waals surface area contributed by atoms with E-state index in [4.69, 9.17) is 0 Å².